The van der Waals surface area contributed by atoms with Crippen molar-refractivity contribution in [2.75, 3.05) is 0 Å². The molecular weight excluding hydrogens is 216 g/mol. The van der Waals surface area contributed by atoms with E-state index in [0.29, 0.717) is 12.2 Å². The van der Waals surface area contributed by atoms with E-state index in [-0.39, 0.29) is 29.5 Å². The van der Waals surface area contributed by atoms with E-state index in [0.717, 1.165) is 12.0 Å². The Balaban J connectivity index is 1.65. The highest BCUT2D eigenvalue weighted by atomic mass is 16.5. The first kappa shape index (κ1) is 10.5. The fourth-order valence-electron chi connectivity index (χ4n) is 2.76. The Kier molecular flexibility index (Phi) is 2.28. The van der Waals surface area contributed by atoms with E-state index in [9.17, 15) is 9.59 Å². The molecule has 1 aromatic carbocycles. The van der Waals surface area contributed by atoms with Gasteiger partial charge in [-0.25, -0.2) is 0 Å². The molecule has 0 heterocycles. The van der Waals surface area contributed by atoms with Crippen molar-refractivity contribution in [1.29, 1.82) is 0 Å². The van der Waals surface area contributed by atoms with Crippen molar-refractivity contribution in [1.82, 2.24) is 0 Å². The molecule has 0 bridgehead atoms. The fraction of sp³-hybridized carbons (Fsp3) is 0.429. The van der Waals surface area contributed by atoms with Crippen LogP contribution in [0.4, 0.5) is 0 Å². The van der Waals surface area contributed by atoms with E-state index in [2.05, 4.69) is 0 Å². The minimum Gasteiger partial charge on any atom is -0.426 e. The lowest BCUT2D eigenvalue weighted by Crippen LogP contribution is -2.15. The number of carbonyl (C=O) groups excluding carboxylic acids is 2. The van der Waals surface area contributed by atoms with Crippen LogP contribution >= 0.6 is 0 Å². The highest BCUT2D eigenvalue weighted by Crippen LogP contribution is 2.55. The third-order valence-corrected chi connectivity index (χ3v) is 3.78. The summed E-state index contributed by atoms with van der Waals surface area (Å²) < 4.78 is 5.29. The van der Waals surface area contributed by atoms with Crippen LogP contribution in [-0.2, 0) is 9.59 Å². The maximum Gasteiger partial charge on any atom is 0.315 e. The van der Waals surface area contributed by atoms with Crippen molar-refractivity contribution >= 4 is 11.8 Å². The van der Waals surface area contributed by atoms with Gasteiger partial charge in [0.1, 0.15) is 11.5 Å². The lowest BCUT2D eigenvalue weighted by Gasteiger charge is -2.05. The van der Waals surface area contributed by atoms with Crippen molar-refractivity contribution in [3.05, 3.63) is 29.8 Å². The molecule has 17 heavy (non-hydrogen) atoms. The topological polar surface area (TPSA) is 43.4 Å². The molecule has 2 aliphatic rings. The Morgan fingerprint density at radius 1 is 1.29 bits per heavy atom. The molecule has 0 aliphatic heterocycles. The highest BCUT2D eigenvalue weighted by molar-refractivity contribution is 5.95. The number of fused-ring (bicyclic) bond motifs is 1. The van der Waals surface area contributed by atoms with Crippen LogP contribution in [0, 0.1) is 24.7 Å². The zero-order valence-corrected chi connectivity index (χ0v) is 9.68. The molecule has 3 rings (SSSR count). The largest absolute Gasteiger partial charge is 0.426 e. The molecule has 3 atom stereocenters. The number of aryl methyl sites for hydroxylation is 1. The van der Waals surface area contributed by atoms with Gasteiger partial charge < -0.3 is 4.74 Å². The van der Waals surface area contributed by atoms with Crippen LogP contribution in [0.15, 0.2) is 24.3 Å². The van der Waals surface area contributed by atoms with Crippen molar-refractivity contribution in [3.63, 3.8) is 0 Å². The number of ketones is 1. The average molecular weight is 230 g/mol. The van der Waals surface area contributed by atoms with Gasteiger partial charge in [-0.2, -0.15) is 0 Å². The number of carbonyl (C=O) groups is 2. The smallest absolute Gasteiger partial charge is 0.315 e. The Hall–Kier alpha value is -1.64. The normalized spacial score (nSPS) is 29.9. The number of ether oxygens (including phenoxy) is 1. The fourth-order valence-corrected chi connectivity index (χ4v) is 2.76. The molecule has 0 spiro atoms. The Bertz CT molecular complexity index is 475. The van der Waals surface area contributed by atoms with Crippen molar-refractivity contribution in [2.45, 2.75) is 19.8 Å². The molecule has 0 amide bonds. The van der Waals surface area contributed by atoms with E-state index in [4.69, 9.17) is 4.74 Å². The molecule has 0 N–H and O–H groups in total. The molecular formula is C14H14O3. The summed E-state index contributed by atoms with van der Waals surface area (Å²) in [6.07, 6.45) is 1.50. The van der Waals surface area contributed by atoms with Gasteiger partial charge >= 0.3 is 5.97 Å². The Morgan fingerprint density at radius 2 is 2.00 bits per heavy atom. The second-order valence-electron chi connectivity index (χ2n) is 4.95. The van der Waals surface area contributed by atoms with Crippen LogP contribution in [0.25, 0.3) is 0 Å². The third kappa shape index (κ3) is 1.75. The van der Waals surface area contributed by atoms with Gasteiger partial charge in [-0.15, -0.1) is 0 Å². The first-order valence-electron chi connectivity index (χ1n) is 5.98. The highest BCUT2D eigenvalue weighted by Gasteiger charge is 2.62. The van der Waals surface area contributed by atoms with E-state index in [1.54, 1.807) is 12.1 Å². The van der Waals surface area contributed by atoms with Crippen molar-refractivity contribution < 1.29 is 14.3 Å². The maximum absolute atomic E-state index is 11.8. The second kappa shape index (κ2) is 3.69. The molecule has 0 radical (unpaired) electrons. The quantitative estimate of drug-likeness (QED) is 0.577. The zero-order chi connectivity index (χ0) is 12.0. The molecule has 3 nitrogen and oxygen atoms in total. The predicted molar refractivity (Wildman–Crippen MR) is 61.5 cm³/mol. The number of benzene rings is 1. The summed E-state index contributed by atoms with van der Waals surface area (Å²) in [6.45, 7) is 1.98. The van der Waals surface area contributed by atoms with E-state index < -0.39 is 0 Å². The van der Waals surface area contributed by atoms with Crippen molar-refractivity contribution in [3.8, 4) is 5.75 Å². The minimum absolute atomic E-state index is 0.0343. The molecule has 0 aromatic heterocycles. The van der Waals surface area contributed by atoms with Crippen LogP contribution in [0.1, 0.15) is 18.4 Å². The van der Waals surface area contributed by atoms with Gasteiger partial charge in [0.05, 0.1) is 5.92 Å². The second-order valence-corrected chi connectivity index (χ2v) is 4.95. The summed E-state index contributed by atoms with van der Waals surface area (Å²) in [6, 6.07) is 7.38. The van der Waals surface area contributed by atoms with E-state index in [1.807, 2.05) is 19.1 Å². The summed E-state index contributed by atoms with van der Waals surface area (Å²) in [5, 5.41) is 0. The standard InChI is InChI=1S/C14H14O3/c1-8-2-4-9(5-3-8)17-14(16)13-10-6-7-11(15)12(10)13/h2-5,10,12-13H,6-7H2,1H3/t10-,12-,13+/m0/s1. The molecule has 2 saturated carbocycles. The van der Waals surface area contributed by atoms with Crippen LogP contribution in [0.3, 0.4) is 0 Å². The SMILES string of the molecule is Cc1ccc(OC(=O)[C@@H]2[C@H]3CCC(=O)[C@H]32)cc1. The Morgan fingerprint density at radius 3 is 2.59 bits per heavy atom. The van der Waals surface area contributed by atoms with Gasteiger partial charge in [-0.1, -0.05) is 17.7 Å². The minimum atomic E-state index is -0.239. The van der Waals surface area contributed by atoms with Gasteiger partial charge in [0.2, 0.25) is 0 Å². The van der Waals surface area contributed by atoms with Gasteiger partial charge in [-0.3, -0.25) is 9.59 Å². The lowest BCUT2D eigenvalue weighted by molar-refractivity contribution is -0.138. The van der Waals surface area contributed by atoms with E-state index in [1.165, 1.54) is 0 Å². The first-order valence-corrected chi connectivity index (χ1v) is 5.98. The first-order chi connectivity index (χ1) is 8.16. The van der Waals surface area contributed by atoms with Crippen LogP contribution < -0.4 is 4.74 Å². The molecule has 2 aliphatic carbocycles. The maximum atomic E-state index is 11.8. The molecule has 2 fully saturated rings. The third-order valence-electron chi connectivity index (χ3n) is 3.78. The number of hydrogen-bond donors (Lipinski definition) is 0. The van der Waals surface area contributed by atoms with Gasteiger partial charge in [0, 0.05) is 12.3 Å². The Labute approximate surface area is 99.8 Å². The van der Waals surface area contributed by atoms with Crippen LogP contribution in [0.2, 0.25) is 0 Å². The molecule has 88 valence electrons. The lowest BCUT2D eigenvalue weighted by atomic mass is 10.1. The average Bonchev–Trinajstić information content (AvgIpc) is 2.93. The summed E-state index contributed by atoms with van der Waals surface area (Å²) in [4.78, 5) is 23.3. The molecule has 1 aromatic rings. The number of esters is 1. The summed E-state index contributed by atoms with van der Waals surface area (Å²) in [7, 11) is 0. The number of Topliss-reactive ketones (excluding diaryl/α,β-unsaturated/α-hetero) is 1. The summed E-state index contributed by atoms with van der Waals surface area (Å²) >= 11 is 0. The van der Waals surface area contributed by atoms with Gasteiger partial charge in [0.15, 0.2) is 0 Å². The number of rotatable bonds is 2. The summed E-state index contributed by atoms with van der Waals surface area (Å²) in [5.74, 6) is 0.627. The molecule has 0 saturated heterocycles. The van der Waals surface area contributed by atoms with Gasteiger partial charge in [0.25, 0.3) is 0 Å². The summed E-state index contributed by atoms with van der Waals surface area (Å²) in [5.41, 5.74) is 1.13. The monoisotopic (exact) mass is 230 g/mol. The van der Waals surface area contributed by atoms with Crippen LogP contribution in [0.5, 0.6) is 5.75 Å². The van der Waals surface area contributed by atoms with E-state index >= 15 is 0 Å². The molecule has 3 heteroatoms. The van der Waals surface area contributed by atoms with Gasteiger partial charge in [-0.05, 0) is 31.4 Å². The number of hydrogen-bond acceptors (Lipinski definition) is 3. The predicted octanol–water partition coefficient (Wildman–Crippen LogP) is 2.13. The molecule has 0 unspecified atom stereocenters. The zero-order valence-electron chi connectivity index (χ0n) is 9.68. The van der Waals surface area contributed by atoms with Crippen molar-refractivity contribution in [2.24, 2.45) is 17.8 Å². The van der Waals surface area contributed by atoms with Crippen LogP contribution in [-0.4, -0.2) is 11.8 Å².